The van der Waals surface area contributed by atoms with Gasteiger partial charge >= 0.3 is 0 Å². The third kappa shape index (κ3) is 6.24. The van der Waals surface area contributed by atoms with Gasteiger partial charge in [0.2, 0.25) is 5.91 Å². The van der Waals surface area contributed by atoms with Gasteiger partial charge in [-0.25, -0.2) is 0 Å². The summed E-state index contributed by atoms with van der Waals surface area (Å²) < 4.78 is 0. The van der Waals surface area contributed by atoms with Gasteiger partial charge in [-0.2, -0.15) is 0 Å². The lowest BCUT2D eigenvalue weighted by molar-refractivity contribution is -0.135. The summed E-state index contributed by atoms with van der Waals surface area (Å²) in [4.78, 5) is 31.4. The molecule has 1 N–H and O–H groups in total. The maximum absolute atomic E-state index is 13.0. The van der Waals surface area contributed by atoms with E-state index in [1.165, 1.54) is 5.69 Å². The van der Waals surface area contributed by atoms with Crippen LogP contribution in [0.2, 0.25) is 0 Å². The van der Waals surface area contributed by atoms with Gasteiger partial charge in [-0.05, 0) is 50.5 Å². The third-order valence-corrected chi connectivity index (χ3v) is 5.61. The van der Waals surface area contributed by atoms with Crippen LogP contribution in [0.4, 0.5) is 5.69 Å². The Kier molecular flexibility index (Phi) is 10.8. The summed E-state index contributed by atoms with van der Waals surface area (Å²) in [5, 5.41) is 3.12. The van der Waals surface area contributed by atoms with Crippen molar-refractivity contribution in [3.63, 3.8) is 0 Å². The standard InChI is InChI=1S/C21H32N4O2.2ClH/c1-3-12-23(4-2)18-9-7-17(8-10-18)21(27)24-13-5-6-19(16-24)25-14-11-22-15-20(25)26;;/h7-10,19,22H,3-6,11-16H2,1-2H3;2*1H. The fraction of sp³-hybridized carbons (Fsp3) is 0.619. The molecule has 1 aromatic rings. The molecular weight excluding hydrogens is 411 g/mol. The van der Waals surface area contributed by atoms with Crippen molar-refractivity contribution in [3.05, 3.63) is 29.8 Å². The highest BCUT2D eigenvalue weighted by Gasteiger charge is 2.31. The Hall–Kier alpha value is -1.50. The van der Waals surface area contributed by atoms with Crippen LogP contribution >= 0.6 is 24.8 Å². The van der Waals surface area contributed by atoms with Gasteiger partial charge in [0.15, 0.2) is 0 Å². The van der Waals surface area contributed by atoms with Gasteiger partial charge in [0.1, 0.15) is 0 Å². The highest BCUT2D eigenvalue weighted by atomic mass is 35.5. The summed E-state index contributed by atoms with van der Waals surface area (Å²) in [6, 6.07) is 8.13. The molecule has 2 aliphatic heterocycles. The Labute approximate surface area is 186 Å². The van der Waals surface area contributed by atoms with E-state index in [2.05, 4.69) is 24.1 Å². The van der Waals surface area contributed by atoms with E-state index in [0.29, 0.717) is 13.1 Å². The number of benzene rings is 1. The first-order valence-corrected chi connectivity index (χ1v) is 10.3. The van der Waals surface area contributed by atoms with Gasteiger partial charge in [0.25, 0.3) is 5.91 Å². The Morgan fingerprint density at radius 3 is 2.52 bits per heavy atom. The highest BCUT2D eigenvalue weighted by molar-refractivity contribution is 5.94. The van der Waals surface area contributed by atoms with E-state index < -0.39 is 0 Å². The van der Waals surface area contributed by atoms with Crippen LogP contribution in [-0.2, 0) is 4.79 Å². The molecular formula is C21H34Cl2N4O2. The summed E-state index contributed by atoms with van der Waals surface area (Å²) in [6.07, 6.45) is 3.04. The summed E-state index contributed by atoms with van der Waals surface area (Å²) in [5.41, 5.74) is 1.90. The van der Waals surface area contributed by atoms with E-state index in [9.17, 15) is 9.59 Å². The van der Waals surface area contributed by atoms with Crippen molar-refractivity contribution in [1.82, 2.24) is 15.1 Å². The molecule has 0 saturated carbocycles. The van der Waals surface area contributed by atoms with Crippen molar-refractivity contribution >= 4 is 42.3 Å². The normalized spacial score (nSPS) is 19.2. The molecule has 2 amide bonds. The number of anilines is 1. The molecule has 3 rings (SSSR count). The smallest absolute Gasteiger partial charge is 0.253 e. The van der Waals surface area contributed by atoms with Crippen molar-refractivity contribution in [2.75, 3.05) is 50.7 Å². The number of piperazine rings is 1. The number of carbonyl (C=O) groups is 2. The molecule has 29 heavy (non-hydrogen) atoms. The molecule has 1 aromatic carbocycles. The zero-order chi connectivity index (χ0) is 19.2. The van der Waals surface area contributed by atoms with Gasteiger partial charge in [0, 0.05) is 56.6 Å². The zero-order valence-electron chi connectivity index (χ0n) is 17.4. The quantitative estimate of drug-likeness (QED) is 0.732. The molecule has 164 valence electrons. The van der Waals surface area contributed by atoms with Gasteiger partial charge in [-0.1, -0.05) is 6.92 Å². The molecule has 0 radical (unpaired) electrons. The van der Waals surface area contributed by atoms with Crippen LogP contribution < -0.4 is 10.2 Å². The second-order valence-electron chi connectivity index (χ2n) is 7.44. The summed E-state index contributed by atoms with van der Waals surface area (Å²) in [6.45, 7) is 9.73. The van der Waals surface area contributed by atoms with Crippen molar-refractivity contribution < 1.29 is 9.59 Å². The topological polar surface area (TPSA) is 55.9 Å². The van der Waals surface area contributed by atoms with Crippen LogP contribution in [0.3, 0.4) is 0 Å². The summed E-state index contributed by atoms with van der Waals surface area (Å²) in [5.74, 6) is 0.229. The van der Waals surface area contributed by atoms with E-state index in [1.807, 2.05) is 34.1 Å². The van der Waals surface area contributed by atoms with Gasteiger partial charge < -0.3 is 20.0 Å². The van der Waals surface area contributed by atoms with Crippen LogP contribution in [0.5, 0.6) is 0 Å². The monoisotopic (exact) mass is 444 g/mol. The summed E-state index contributed by atoms with van der Waals surface area (Å²) >= 11 is 0. The predicted octanol–water partition coefficient (Wildman–Crippen LogP) is 2.80. The molecule has 2 aliphatic rings. The molecule has 0 aliphatic carbocycles. The van der Waals surface area contributed by atoms with Crippen molar-refractivity contribution in [2.24, 2.45) is 0 Å². The van der Waals surface area contributed by atoms with Crippen molar-refractivity contribution in [2.45, 2.75) is 39.2 Å². The lowest BCUT2D eigenvalue weighted by Gasteiger charge is -2.41. The number of likely N-dealkylation sites (tertiary alicyclic amines) is 1. The SMILES string of the molecule is CCCN(CC)c1ccc(C(=O)N2CCCC(N3CCNCC3=O)C2)cc1.Cl.Cl. The Bertz CT molecular complexity index is 657. The highest BCUT2D eigenvalue weighted by Crippen LogP contribution is 2.21. The van der Waals surface area contributed by atoms with Crippen molar-refractivity contribution in [1.29, 1.82) is 0 Å². The van der Waals surface area contributed by atoms with E-state index in [4.69, 9.17) is 0 Å². The number of nitrogens with one attached hydrogen (secondary N) is 1. The molecule has 0 spiro atoms. The second-order valence-corrected chi connectivity index (χ2v) is 7.44. The molecule has 1 atom stereocenters. The molecule has 6 nitrogen and oxygen atoms in total. The number of hydrogen-bond donors (Lipinski definition) is 1. The van der Waals surface area contributed by atoms with Crippen LogP contribution in [0.1, 0.15) is 43.5 Å². The summed E-state index contributed by atoms with van der Waals surface area (Å²) in [7, 11) is 0. The van der Waals surface area contributed by atoms with Gasteiger partial charge in [-0.15, -0.1) is 24.8 Å². The minimum Gasteiger partial charge on any atom is -0.372 e. The third-order valence-electron chi connectivity index (χ3n) is 5.61. The zero-order valence-corrected chi connectivity index (χ0v) is 19.1. The van der Waals surface area contributed by atoms with E-state index in [-0.39, 0.29) is 42.7 Å². The number of carbonyl (C=O) groups excluding carboxylic acids is 2. The van der Waals surface area contributed by atoms with Crippen LogP contribution in [0.25, 0.3) is 0 Å². The number of rotatable bonds is 6. The molecule has 1 unspecified atom stereocenters. The van der Waals surface area contributed by atoms with Gasteiger partial charge in [-0.3, -0.25) is 9.59 Å². The van der Waals surface area contributed by atoms with Crippen molar-refractivity contribution in [3.8, 4) is 0 Å². The van der Waals surface area contributed by atoms with E-state index in [1.54, 1.807) is 0 Å². The number of hydrogen-bond acceptors (Lipinski definition) is 4. The molecule has 2 heterocycles. The van der Waals surface area contributed by atoms with Crippen LogP contribution in [0.15, 0.2) is 24.3 Å². The predicted molar refractivity (Wildman–Crippen MR) is 123 cm³/mol. The number of nitrogens with zero attached hydrogens (tertiary/aromatic N) is 3. The minimum absolute atomic E-state index is 0. The average molecular weight is 445 g/mol. The maximum atomic E-state index is 13.0. The molecule has 0 aromatic heterocycles. The number of piperidine rings is 1. The fourth-order valence-corrected chi connectivity index (χ4v) is 4.14. The Balaban J connectivity index is 0.00000210. The van der Waals surface area contributed by atoms with Crippen LogP contribution in [0, 0.1) is 0 Å². The number of amides is 2. The molecule has 8 heteroatoms. The van der Waals surface area contributed by atoms with E-state index in [0.717, 1.165) is 57.5 Å². The first-order chi connectivity index (χ1) is 13.1. The molecule has 2 fully saturated rings. The first kappa shape index (κ1) is 25.5. The minimum atomic E-state index is 0. The average Bonchev–Trinajstić information content (AvgIpc) is 2.72. The lowest BCUT2D eigenvalue weighted by Crippen LogP contribution is -2.57. The molecule has 0 bridgehead atoms. The Morgan fingerprint density at radius 1 is 1.17 bits per heavy atom. The lowest BCUT2D eigenvalue weighted by atomic mass is 10.0. The fourth-order valence-electron chi connectivity index (χ4n) is 4.14. The molecule has 2 saturated heterocycles. The van der Waals surface area contributed by atoms with E-state index >= 15 is 0 Å². The second kappa shape index (κ2) is 12.3. The van der Waals surface area contributed by atoms with Gasteiger partial charge in [0.05, 0.1) is 6.54 Å². The largest absolute Gasteiger partial charge is 0.372 e. The number of halogens is 2. The maximum Gasteiger partial charge on any atom is 0.253 e. The van der Waals surface area contributed by atoms with Crippen LogP contribution in [-0.4, -0.2) is 73.5 Å². The first-order valence-electron chi connectivity index (χ1n) is 10.3. The Morgan fingerprint density at radius 2 is 1.90 bits per heavy atom.